The molecular weight excluding hydrogens is 380 g/mol. The van der Waals surface area contributed by atoms with E-state index in [9.17, 15) is 9.59 Å². The van der Waals surface area contributed by atoms with Gasteiger partial charge in [-0.3, -0.25) is 4.79 Å². The number of nitrogens with zero attached hydrogens (tertiary/aromatic N) is 3. The first-order valence-electron chi connectivity index (χ1n) is 10.2. The Kier molecular flexibility index (Phi) is 7.65. The van der Waals surface area contributed by atoms with Gasteiger partial charge < -0.3 is 15.0 Å². The molecule has 0 aliphatic rings. The quantitative estimate of drug-likeness (QED) is 0.713. The highest BCUT2D eigenvalue weighted by molar-refractivity contribution is 5.76. The number of amides is 2. The average molecular weight is 415 g/mol. The van der Waals surface area contributed by atoms with Crippen LogP contribution in [0.1, 0.15) is 46.6 Å². The van der Waals surface area contributed by atoms with Crippen molar-refractivity contribution in [1.82, 2.24) is 20.0 Å². The predicted octanol–water partition coefficient (Wildman–Crippen LogP) is 3.81. The minimum atomic E-state index is -0.532. The molecule has 1 aromatic heterocycles. The Balaban J connectivity index is 1.80. The zero-order valence-electron chi connectivity index (χ0n) is 18.9. The number of hydrogen-bond donors (Lipinski definition) is 1. The summed E-state index contributed by atoms with van der Waals surface area (Å²) in [6.45, 7) is 10.5. The number of ether oxygens (including phenoxy) is 1. The van der Waals surface area contributed by atoms with Crippen LogP contribution in [0.2, 0.25) is 0 Å². The van der Waals surface area contributed by atoms with Crippen molar-refractivity contribution in [3.63, 3.8) is 0 Å². The maximum absolute atomic E-state index is 12.6. The molecule has 0 bridgehead atoms. The van der Waals surface area contributed by atoms with E-state index in [0.29, 0.717) is 25.9 Å². The molecule has 30 heavy (non-hydrogen) atoms. The first-order chi connectivity index (χ1) is 14.0. The van der Waals surface area contributed by atoms with Crippen LogP contribution in [0.15, 0.2) is 42.7 Å². The third-order valence-corrected chi connectivity index (χ3v) is 4.49. The maximum Gasteiger partial charge on any atom is 0.407 e. The Labute approximate surface area is 179 Å². The molecule has 1 aromatic carbocycles. The van der Waals surface area contributed by atoms with Gasteiger partial charge in [-0.15, -0.1) is 0 Å². The second kappa shape index (κ2) is 9.78. The molecule has 0 saturated carbocycles. The summed E-state index contributed by atoms with van der Waals surface area (Å²) in [5, 5.41) is 7.16. The van der Waals surface area contributed by atoms with Gasteiger partial charge in [-0.25, -0.2) is 9.48 Å². The van der Waals surface area contributed by atoms with E-state index in [2.05, 4.69) is 10.4 Å². The van der Waals surface area contributed by atoms with E-state index in [1.54, 1.807) is 18.1 Å². The smallest absolute Gasteiger partial charge is 0.407 e. The van der Waals surface area contributed by atoms with Crippen LogP contribution in [0.25, 0.3) is 5.69 Å². The maximum atomic E-state index is 12.6. The zero-order chi connectivity index (χ0) is 22.4. The monoisotopic (exact) mass is 414 g/mol. The highest BCUT2D eigenvalue weighted by Crippen LogP contribution is 2.17. The van der Waals surface area contributed by atoms with Crippen molar-refractivity contribution in [2.24, 2.45) is 5.41 Å². The van der Waals surface area contributed by atoms with Gasteiger partial charge in [0.15, 0.2) is 0 Å². The molecule has 0 atom stereocenters. The molecule has 0 aliphatic carbocycles. The van der Waals surface area contributed by atoms with Crippen molar-refractivity contribution in [3.05, 3.63) is 48.3 Å². The van der Waals surface area contributed by atoms with E-state index >= 15 is 0 Å². The normalized spacial score (nSPS) is 11.8. The van der Waals surface area contributed by atoms with Gasteiger partial charge in [0.05, 0.1) is 11.9 Å². The van der Waals surface area contributed by atoms with Crippen molar-refractivity contribution in [2.75, 3.05) is 20.1 Å². The van der Waals surface area contributed by atoms with E-state index in [-0.39, 0.29) is 11.3 Å². The Morgan fingerprint density at radius 1 is 1.13 bits per heavy atom. The molecule has 164 valence electrons. The van der Waals surface area contributed by atoms with Crippen molar-refractivity contribution in [3.8, 4) is 5.69 Å². The van der Waals surface area contributed by atoms with Gasteiger partial charge in [0.1, 0.15) is 5.60 Å². The highest BCUT2D eigenvalue weighted by atomic mass is 16.6. The molecular formula is C23H34N4O3. The van der Waals surface area contributed by atoms with Crippen LogP contribution in [0, 0.1) is 5.41 Å². The van der Waals surface area contributed by atoms with Crippen LogP contribution in [0.4, 0.5) is 4.79 Å². The number of hydrogen-bond acceptors (Lipinski definition) is 4. The molecule has 7 nitrogen and oxygen atoms in total. The van der Waals surface area contributed by atoms with Crippen LogP contribution in [0.3, 0.4) is 0 Å². The molecule has 1 N–H and O–H groups in total. The number of alkyl carbamates (subject to hydrolysis) is 1. The summed E-state index contributed by atoms with van der Waals surface area (Å²) in [6, 6.07) is 9.88. The molecule has 0 unspecified atom stereocenters. The molecule has 0 radical (unpaired) electrons. The SMILES string of the molecule is CN(CC(C)(C)CNC(=O)OC(C)(C)C)C(=O)CCc1cnn(-c2ccccc2)c1. The first-order valence-corrected chi connectivity index (χ1v) is 10.2. The van der Waals surface area contributed by atoms with Gasteiger partial charge in [0, 0.05) is 32.8 Å². The molecule has 2 rings (SSSR count). The Morgan fingerprint density at radius 2 is 1.80 bits per heavy atom. The number of carbonyl (C=O) groups excluding carboxylic acids is 2. The Bertz CT molecular complexity index is 838. The molecule has 1 heterocycles. The van der Waals surface area contributed by atoms with E-state index < -0.39 is 11.7 Å². The van der Waals surface area contributed by atoms with Gasteiger partial charge in [-0.2, -0.15) is 5.10 Å². The topological polar surface area (TPSA) is 76.5 Å². The molecule has 2 amide bonds. The number of nitrogens with one attached hydrogen (secondary N) is 1. The molecule has 2 aromatic rings. The van der Waals surface area contributed by atoms with Crippen LogP contribution in [0.5, 0.6) is 0 Å². The lowest BCUT2D eigenvalue weighted by Gasteiger charge is -2.31. The third kappa shape index (κ3) is 7.89. The predicted molar refractivity (Wildman–Crippen MR) is 118 cm³/mol. The summed E-state index contributed by atoms with van der Waals surface area (Å²) < 4.78 is 7.08. The lowest BCUT2D eigenvalue weighted by Crippen LogP contribution is -2.44. The minimum absolute atomic E-state index is 0.0628. The van der Waals surface area contributed by atoms with E-state index in [1.807, 2.05) is 75.8 Å². The van der Waals surface area contributed by atoms with Crippen LogP contribution in [-0.4, -0.2) is 52.4 Å². The van der Waals surface area contributed by atoms with E-state index in [4.69, 9.17) is 4.74 Å². The van der Waals surface area contributed by atoms with Gasteiger partial charge >= 0.3 is 6.09 Å². The van der Waals surface area contributed by atoms with Gasteiger partial charge in [0.2, 0.25) is 5.91 Å². The summed E-state index contributed by atoms with van der Waals surface area (Å²) in [4.78, 5) is 26.2. The standard InChI is InChI=1S/C23H34N4O3/c1-22(2,3)30-21(29)24-16-23(4,5)17-26(6)20(28)13-12-18-14-25-27(15-18)19-10-8-7-9-11-19/h7-11,14-15H,12-13,16-17H2,1-6H3,(H,24,29). The van der Waals surface area contributed by atoms with Gasteiger partial charge in [-0.1, -0.05) is 32.0 Å². The number of rotatable bonds is 8. The molecule has 0 saturated heterocycles. The van der Waals surface area contributed by atoms with Crippen LogP contribution >= 0.6 is 0 Å². The average Bonchev–Trinajstić information content (AvgIpc) is 3.12. The molecule has 0 aliphatic heterocycles. The number of para-hydroxylation sites is 1. The van der Waals surface area contributed by atoms with Gasteiger partial charge in [0.25, 0.3) is 0 Å². The van der Waals surface area contributed by atoms with E-state index in [1.165, 1.54) is 0 Å². The van der Waals surface area contributed by atoms with Crippen molar-refractivity contribution >= 4 is 12.0 Å². The molecule has 0 fully saturated rings. The fourth-order valence-corrected chi connectivity index (χ4v) is 3.07. The minimum Gasteiger partial charge on any atom is -0.444 e. The second-order valence-electron chi connectivity index (χ2n) is 9.40. The summed E-state index contributed by atoms with van der Waals surface area (Å²) in [7, 11) is 1.80. The van der Waals surface area contributed by atoms with E-state index in [0.717, 1.165) is 11.3 Å². The molecule has 7 heteroatoms. The van der Waals surface area contributed by atoms with Gasteiger partial charge in [-0.05, 0) is 50.3 Å². The largest absolute Gasteiger partial charge is 0.444 e. The second-order valence-corrected chi connectivity index (χ2v) is 9.40. The van der Waals surface area contributed by atoms with Crippen molar-refractivity contribution in [2.45, 2.75) is 53.1 Å². The number of carbonyl (C=O) groups is 2. The number of aromatic nitrogens is 2. The summed E-state index contributed by atoms with van der Waals surface area (Å²) in [5.41, 5.74) is 1.20. The fourth-order valence-electron chi connectivity index (χ4n) is 3.07. The zero-order valence-corrected chi connectivity index (χ0v) is 18.9. The Hall–Kier alpha value is -2.83. The number of benzene rings is 1. The van der Waals surface area contributed by atoms with Crippen molar-refractivity contribution < 1.29 is 14.3 Å². The van der Waals surface area contributed by atoms with Crippen molar-refractivity contribution in [1.29, 1.82) is 0 Å². The lowest BCUT2D eigenvalue weighted by atomic mass is 9.92. The van der Waals surface area contributed by atoms with Crippen LogP contribution < -0.4 is 5.32 Å². The molecule has 0 spiro atoms. The Morgan fingerprint density at radius 3 is 2.43 bits per heavy atom. The van der Waals surface area contributed by atoms with Crippen LogP contribution in [-0.2, 0) is 16.0 Å². The third-order valence-electron chi connectivity index (χ3n) is 4.49. The fraction of sp³-hybridized carbons (Fsp3) is 0.522. The number of aryl methyl sites for hydroxylation is 1. The highest BCUT2D eigenvalue weighted by Gasteiger charge is 2.25. The summed E-state index contributed by atoms with van der Waals surface area (Å²) in [6.07, 6.45) is 4.35. The summed E-state index contributed by atoms with van der Waals surface area (Å²) in [5.74, 6) is 0.0628. The first kappa shape index (κ1) is 23.4. The summed E-state index contributed by atoms with van der Waals surface area (Å²) >= 11 is 0. The lowest BCUT2D eigenvalue weighted by molar-refractivity contribution is -0.131.